The Morgan fingerprint density at radius 2 is 2.00 bits per heavy atom. The highest BCUT2D eigenvalue weighted by molar-refractivity contribution is 7.71. The molecule has 1 aromatic heterocycles. The van der Waals surface area contributed by atoms with Crippen LogP contribution in [0.1, 0.15) is 26.7 Å². The summed E-state index contributed by atoms with van der Waals surface area (Å²) in [6.07, 6.45) is 2.52. The highest BCUT2D eigenvalue weighted by atomic mass is 32.1. The van der Waals surface area contributed by atoms with Crippen LogP contribution in [0.4, 0.5) is 5.95 Å². The average Bonchev–Trinajstić information content (AvgIpc) is 2.60. The predicted octanol–water partition coefficient (Wildman–Crippen LogP) is 2.35. The Labute approximate surface area is 102 Å². The standard InChI is InChI=1S/C11H20N4S/c1-8(2)9-4-6-15(7-5-9)10-12-13-11(16)14(10)3/h8-9H,4-7H2,1-3H3,(H,13,16). The van der Waals surface area contributed by atoms with Crippen molar-refractivity contribution in [3.63, 3.8) is 0 Å². The summed E-state index contributed by atoms with van der Waals surface area (Å²) < 4.78 is 2.64. The third-order valence-electron chi connectivity index (χ3n) is 3.62. The molecule has 1 N–H and O–H groups in total. The second-order valence-corrected chi connectivity index (χ2v) is 5.34. The number of aromatic amines is 1. The maximum absolute atomic E-state index is 5.13. The number of nitrogens with one attached hydrogen (secondary N) is 1. The van der Waals surface area contributed by atoms with Gasteiger partial charge < -0.3 is 4.90 Å². The van der Waals surface area contributed by atoms with E-state index in [4.69, 9.17) is 12.2 Å². The lowest BCUT2D eigenvalue weighted by molar-refractivity contribution is 0.309. The van der Waals surface area contributed by atoms with E-state index in [1.165, 1.54) is 12.8 Å². The molecule has 5 heteroatoms. The fourth-order valence-electron chi connectivity index (χ4n) is 2.39. The van der Waals surface area contributed by atoms with E-state index in [0.717, 1.165) is 30.9 Å². The minimum absolute atomic E-state index is 0.695. The first kappa shape index (κ1) is 11.6. The molecule has 90 valence electrons. The van der Waals surface area contributed by atoms with Gasteiger partial charge >= 0.3 is 0 Å². The topological polar surface area (TPSA) is 36.9 Å². The molecule has 1 aliphatic heterocycles. The van der Waals surface area contributed by atoms with Gasteiger partial charge in [-0.3, -0.25) is 4.57 Å². The maximum Gasteiger partial charge on any atom is 0.225 e. The SMILES string of the molecule is CC(C)C1CCN(c2n[nH]c(=S)n2C)CC1. The molecule has 0 radical (unpaired) electrons. The third-order valence-corrected chi connectivity index (χ3v) is 3.99. The highest BCUT2D eigenvalue weighted by Crippen LogP contribution is 2.26. The van der Waals surface area contributed by atoms with Crippen LogP contribution in [0.2, 0.25) is 0 Å². The lowest BCUT2D eigenvalue weighted by Crippen LogP contribution is -2.36. The first-order chi connectivity index (χ1) is 7.59. The molecule has 0 saturated carbocycles. The predicted molar refractivity (Wildman–Crippen MR) is 68.2 cm³/mol. The molecule has 2 rings (SSSR count). The molecule has 1 aliphatic rings. The van der Waals surface area contributed by atoms with E-state index in [2.05, 4.69) is 28.9 Å². The summed E-state index contributed by atoms with van der Waals surface area (Å²) in [5.41, 5.74) is 0. The van der Waals surface area contributed by atoms with Gasteiger partial charge in [-0.25, -0.2) is 5.10 Å². The van der Waals surface area contributed by atoms with Gasteiger partial charge in [0.05, 0.1) is 0 Å². The summed E-state index contributed by atoms with van der Waals surface area (Å²) in [4.78, 5) is 2.32. The average molecular weight is 240 g/mol. The van der Waals surface area contributed by atoms with E-state index in [0.29, 0.717) is 4.77 Å². The van der Waals surface area contributed by atoms with Gasteiger partial charge in [0, 0.05) is 20.1 Å². The first-order valence-electron chi connectivity index (χ1n) is 5.96. The van der Waals surface area contributed by atoms with Crippen molar-refractivity contribution in [2.24, 2.45) is 18.9 Å². The van der Waals surface area contributed by atoms with Crippen molar-refractivity contribution in [3.05, 3.63) is 4.77 Å². The number of aromatic nitrogens is 3. The largest absolute Gasteiger partial charge is 0.341 e. The number of hydrogen-bond acceptors (Lipinski definition) is 3. The van der Waals surface area contributed by atoms with Crippen LogP contribution in [0.15, 0.2) is 0 Å². The zero-order valence-electron chi connectivity index (χ0n) is 10.2. The molecular weight excluding hydrogens is 220 g/mol. The van der Waals surface area contributed by atoms with Crippen molar-refractivity contribution < 1.29 is 0 Å². The van der Waals surface area contributed by atoms with Crippen LogP contribution in [0, 0.1) is 16.6 Å². The molecule has 4 nitrogen and oxygen atoms in total. The Morgan fingerprint density at radius 1 is 1.38 bits per heavy atom. The smallest absolute Gasteiger partial charge is 0.225 e. The zero-order valence-corrected chi connectivity index (χ0v) is 11.0. The van der Waals surface area contributed by atoms with Gasteiger partial charge in [0.2, 0.25) is 5.95 Å². The summed E-state index contributed by atoms with van der Waals surface area (Å²) in [5, 5.41) is 7.12. The monoisotopic (exact) mass is 240 g/mol. The lowest BCUT2D eigenvalue weighted by Gasteiger charge is -2.34. The molecular formula is C11H20N4S. The van der Waals surface area contributed by atoms with Gasteiger partial charge in [-0.15, -0.1) is 5.10 Å². The minimum atomic E-state index is 0.695. The van der Waals surface area contributed by atoms with Gasteiger partial charge in [0.25, 0.3) is 0 Å². The van der Waals surface area contributed by atoms with Crippen molar-refractivity contribution in [2.75, 3.05) is 18.0 Å². The van der Waals surface area contributed by atoms with Gasteiger partial charge in [0.15, 0.2) is 4.77 Å². The Bertz CT molecular complexity index is 398. The van der Waals surface area contributed by atoms with Crippen LogP contribution in [-0.4, -0.2) is 27.9 Å². The van der Waals surface area contributed by atoms with Crippen LogP contribution in [-0.2, 0) is 7.05 Å². The second kappa shape index (κ2) is 4.57. The minimum Gasteiger partial charge on any atom is -0.341 e. The molecule has 0 amide bonds. The van der Waals surface area contributed by atoms with Crippen molar-refractivity contribution >= 4 is 18.2 Å². The van der Waals surface area contributed by atoms with Crippen molar-refractivity contribution in [1.82, 2.24) is 14.8 Å². The summed E-state index contributed by atoms with van der Waals surface area (Å²) in [6.45, 7) is 6.82. The Hall–Kier alpha value is -0.840. The molecule has 0 spiro atoms. The van der Waals surface area contributed by atoms with Crippen molar-refractivity contribution in [3.8, 4) is 0 Å². The van der Waals surface area contributed by atoms with Crippen molar-refractivity contribution in [2.45, 2.75) is 26.7 Å². The van der Waals surface area contributed by atoms with Gasteiger partial charge in [-0.1, -0.05) is 13.8 Å². The second-order valence-electron chi connectivity index (χ2n) is 4.96. The third kappa shape index (κ3) is 2.14. The van der Waals surface area contributed by atoms with E-state index in [1.54, 1.807) is 0 Å². The fourth-order valence-corrected chi connectivity index (χ4v) is 2.51. The Morgan fingerprint density at radius 3 is 2.44 bits per heavy atom. The Balaban J connectivity index is 2.04. The molecule has 1 saturated heterocycles. The number of piperidine rings is 1. The number of anilines is 1. The molecule has 2 heterocycles. The van der Waals surface area contributed by atoms with Gasteiger partial charge in [-0.2, -0.15) is 0 Å². The Kier molecular flexibility index (Phi) is 3.33. The molecule has 0 bridgehead atoms. The molecule has 0 aromatic carbocycles. The quantitative estimate of drug-likeness (QED) is 0.806. The highest BCUT2D eigenvalue weighted by Gasteiger charge is 2.23. The fraction of sp³-hybridized carbons (Fsp3) is 0.818. The van der Waals surface area contributed by atoms with Gasteiger partial charge in [0.1, 0.15) is 0 Å². The normalized spacial score (nSPS) is 18.4. The first-order valence-corrected chi connectivity index (χ1v) is 6.36. The van der Waals surface area contributed by atoms with Crippen molar-refractivity contribution in [1.29, 1.82) is 0 Å². The molecule has 1 fully saturated rings. The lowest BCUT2D eigenvalue weighted by atomic mass is 9.87. The molecule has 1 aromatic rings. The number of nitrogens with zero attached hydrogens (tertiary/aromatic N) is 3. The maximum atomic E-state index is 5.13. The summed E-state index contributed by atoms with van der Waals surface area (Å²) >= 11 is 5.13. The number of hydrogen-bond donors (Lipinski definition) is 1. The van der Waals surface area contributed by atoms with E-state index >= 15 is 0 Å². The molecule has 0 unspecified atom stereocenters. The summed E-state index contributed by atoms with van der Waals surface area (Å²) in [7, 11) is 1.97. The van der Waals surface area contributed by atoms with E-state index in [1.807, 2.05) is 11.6 Å². The van der Waals surface area contributed by atoms with Crippen LogP contribution in [0.25, 0.3) is 0 Å². The molecule has 0 aliphatic carbocycles. The van der Waals surface area contributed by atoms with Crippen LogP contribution >= 0.6 is 12.2 Å². The zero-order chi connectivity index (χ0) is 11.7. The van der Waals surface area contributed by atoms with E-state index < -0.39 is 0 Å². The molecule has 0 atom stereocenters. The van der Waals surface area contributed by atoms with Gasteiger partial charge in [-0.05, 0) is 36.9 Å². The summed E-state index contributed by atoms with van der Waals surface area (Å²) in [5.74, 6) is 2.64. The summed E-state index contributed by atoms with van der Waals surface area (Å²) in [6, 6.07) is 0. The number of H-pyrrole nitrogens is 1. The number of rotatable bonds is 2. The van der Waals surface area contributed by atoms with E-state index in [-0.39, 0.29) is 0 Å². The van der Waals surface area contributed by atoms with Crippen LogP contribution < -0.4 is 4.90 Å². The van der Waals surface area contributed by atoms with Crippen LogP contribution in [0.5, 0.6) is 0 Å². The molecule has 16 heavy (non-hydrogen) atoms. The van der Waals surface area contributed by atoms with Crippen LogP contribution in [0.3, 0.4) is 0 Å². The van der Waals surface area contributed by atoms with E-state index in [9.17, 15) is 0 Å².